The van der Waals surface area contributed by atoms with Crippen LogP contribution < -0.4 is 5.32 Å². The summed E-state index contributed by atoms with van der Waals surface area (Å²) in [6, 6.07) is 2.78. The van der Waals surface area contributed by atoms with Crippen molar-refractivity contribution >= 4 is 17.5 Å². The van der Waals surface area contributed by atoms with Crippen LogP contribution in [0.1, 0.15) is 37.9 Å². The average Bonchev–Trinajstić information content (AvgIpc) is 2.87. The third-order valence-electron chi connectivity index (χ3n) is 4.74. The number of nitrogens with one attached hydrogen (secondary N) is 1. The summed E-state index contributed by atoms with van der Waals surface area (Å²) >= 11 is 0. The quantitative estimate of drug-likeness (QED) is 0.905. The van der Waals surface area contributed by atoms with Crippen LogP contribution in [0, 0.1) is 5.92 Å². The van der Waals surface area contributed by atoms with Crippen molar-refractivity contribution in [2.24, 2.45) is 10.9 Å². The van der Waals surface area contributed by atoms with Gasteiger partial charge in [-0.1, -0.05) is 26.0 Å². The molecule has 1 aliphatic heterocycles. The lowest BCUT2D eigenvalue weighted by molar-refractivity contribution is 0.492. The normalized spacial score (nSPS) is 22.5. The molecule has 1 aromatic heterocycles. The van der Waals surface area contributed by atoms with E-state index < -0.39 is 0 Å². The zero-order valence-corrected chi connectivity index (χ0v) is 13.3. The van der Waals surface area contributed by atoms with Crippen LogP contribution in [-0.2, 0) is 6.42 Å². The number of aromatic nitrogens is 1. The Morgan fingerprint density at radius 3 is 3.18 bits per heavy atom. The van der Waals surface area contributed by atoms with E-state index in [2.05, 4.69) is 60.4 Å². The van der Waals surface area contributed by atoms with Crippen molar-refractivity contribution < 1.29 is 0 Å². The second-order valence-electron chi connectivity index (χ2n) is 6.68. The maximum atomic E-state index is 4.89. The molecule has 1 unspecified atom stereocenters. The SMILES string of the molecule is CC(C)NCC1CC=CC2=C1N=CC1=CCCc3ccn2c31. The number of fused-ring (bicyclic) bond motifs is 1. The molecule has 0 spiro atoms. The van der Waals surface area contributed by atoms with Gasteiger partial charge in [0.2, 0.25) is 0 Å². The van der Waals surface area contributed by atoms with Crippen LogP contribution in [0.15, 0.2) is 41.2 Å². The van der Waals surface area contributed by atoms with Gasteiger partial charge in [0.1, 0.15) is 0 Å². The molecule has 0 saturated carbocycles. The second-order valence-corrected chi connectivity index (χ2v) is 6.68. The lowest BCUT2D eigenvalue weighted by atomic mass is 9.94. The summed E-state index contributed by atoms with van der Waals surface area (Å²) in [5.41, 5.74) is 6.56. The molecular weight excluding hydrogens is 270 g/mol. The van der Waals surface area contributed by atoms with Crippen LogP contribution in [0.5, 0.6) is 0 Å². The van der Waals surface area contributed by atoms with Crippen molar-refractivity contribution in [3.63, 3.8) is 0 Å². The number of rotatable bonds is 3. The minimum Gasteiger partial charge on any atom is -0.314 e. The van der Waals surface area contributed by atoms with Gasteiger partial charge in [-0.15, -0.1) is 0 Å². The number of nitrogens with zero attached hydrogens (tertiary/aromatic N) is 2. The van der Waals surface area contributed by atoms with Crippen molar-refractivity contribution in [1.82, 2.24) is 9.88 Å². The Bertz CT molecular complexity index is 713. The first kappa shape index (κ1) is 13.8. The molecule has 2 heterocycles. The fourth-order valence-electron chi connectivity index (χ4n) is 3.62. The van der Waals surface area contributed by atoms with Crippen LogP contribution in [0.4, 0.5) is 0 Å². The highest BCUT2D eigenvalue weighted by Crippen LogP contribution is 2.37. The zero-order valence-electron chi connectivity index (χ0n) is 13.3. The molecule has 1 N–H and O–H groups in total. The number of allylic oxidation sites excluding steroid dienone is 5. The molecular formula is C19H23N3. The van der Waals surface area contributed by atoms with Crippen LogP contribution in [0.2, 0.25) is 0 Å². The van der Waals surface area contributed by atoms with E-state index in [1.54, 1.807) is 0 Å². The first-order chi connectivity index (χ1) is 10.7. The predicted octanol–water partition coefficient (Wildman–Crippen LogP) is 3.64. The third-order valence-corrected chi connectivity index (χ3v) is 4.74. The molecule has 0 fully saturated rings. The van der Waals surface area contributed by atoms with Gasteiger partial charge in [0.05, 0.1) is 17.1 Å². The van der Waals surface area contributed by atoms with E-state index in [9.17, 15) is 0 Å². The minimum atomic E-state index is 0.456. The van der Waals surface area contributed by atoms with E-state index in [4.69, 9.17) is 4.99 Å². The van der Waals surface area contributed by atoms with Crippen molar-refractivity contribution in [2.75, 3.05) is 6.54 Å². The smallest absolute Gasteiger partial charge is 0.0690 e. The van der Waals surface area contributed by atoms with Gasteiger partial charge in [0, 0.05) is 36.5 Å². The summed E-state index contributed by atoms with van der Waals surface area (Å²) in [4.78, 5) is 4.89. The molecule has 114 valence electrons. The number of aryl methyl sites for hydroxylation is 1. The van der Waals surface area contributed by atoms with Crippen molar-refractivity contribution in [3.05, 3.63) is 47.4 Å². The van der Waals surface area contributed by atoms with Gasteiger partial charge in [-0.25, -0.2) is 0 Å². The maximum absolute atomic E-state index is 4.89. The Labute approximate surface area is 132 Å². The molecule has 4 rings (SSSR count). The van der Waals surface area contributed by atoms with Gasteiger partial charge in [0.15, 0.2) is 0 Å². The largest absolute Gasteiger partial charge is 0.314 e. The summed E-state index contributed by atoms with van der Waals surface area (Å²) in [5, 5.41) is 3.57. The first-order valence-corrected chi connectivity index (χ1v) is 8.33. The Balaban J connectivity index is 1.78. The molecule has 0 radical (unpaired) electrons. The lowest BCUT2D eigenvalue weighted by Crippen LogP contribution is -2.30. The van der Waals surface area contributed by atoms with Gasteiger partial charge in [0.25, 0.3) is 0 Å². The van der Waals surface area contributed by atoms with E-state index >= 15 is 0 Å². The summed E-state index contributed by atoms with van der Waals surface area (Å²) < 4.78 is 2.35. The molecule has 22 heavy (non-hydrogen) atoms. The van der Waals surface area contributed by atoms with E-state index in [0.717, 1.165) is 25.8 Å². The van der Waals surface area contributed by atoms with E-state index in [1.165, 1.54) is 28.2 Å². The van der Waals surface area contributed by atoms with E-state index in [-0.39, 0.29) is 0 Å². The molecule has 1 aromatic rings. The summed E-state index contributed by atoms with van der Waals surface area (Å²) in [6.45, 7) is 5.38. The van der Waals surface area contributed by atoms with Crippen LogP contribution in [0.25, 0.3) is 11.3 Å². The Morgan fingerprint density at radius 2 is 2.32 bits per heavy atom. The molecule has 0 aromatic carbocycles. The fourth-order valence-corrected chi connectivity index (χ4v) is 3.62. The summed E-state index contributed by atoms with van der Waals surface area (Å²) in [5.74, 6) is 0.456. The maximum Gasteiger partial charge on any atom is 0.0690 e. The van der Waals surface area contributed by atoms with Gasteiger partial charge >= 0.3 is 0 Å². The molecule has 0 bridgehead atoms. The molecule has 2 aliphatic carbocycles. The summed E-state index contributed by atoms with van der Waals surface area (Å²) in [6.07, 6.45) is 14.5. The Hall–Kier alpha value is -1.87. The molecule has 3 nitrogen and oxygen atoms in total. The van der Waals surface area contributed by atoms with Gasteiger partial charge < -0.3 is 9.88 Å². The van der Waals surface area contributed by atoms with Crippen LogP contribution >= 0.6 is 0 Å². The van der Waals surface area contributed by atoms with Crippen LogP contribution in [-0.4, -0.2) is 23.4 Å². The topological polar surface area (TPSA) is 29.3 Å². The standard InChI is InChI=1S/C19H23N3/c1-13(2)20-11-15-6-4-8-17-18(15)21-12-16-7-3-5-14-9-10-22(17)19(14)16/h4,7-10,12-13,15,20H,3,5-6,11H2,1-2H3. The van der Waals surface area contributed by atoms with Crippen molar-refractivity contribution in [1.29, 1.82) is 0 Å². The van der Waals surface area contributed by atoms with Gasteiger partial charge in [-0.2, -0.15) is 0 Å². The third kappa shape index (κ3) is 2.20. The molecule has 1 atom stereocenters. The average molecular weight is 293 g/mol. The minimum absolute atomic E-state index is 0.456. The Kier molecular flexibility index (Phi) is 3.38. The zero-order chi connectivity index (χ0) is 15.1. The molecule has 0 amide bonds. The predicted molar refractivity (Wildman–Crippen MR) is 92.8 cm³/mol. The summed E-state index contributed by atoms with van der Waals surface area (Å²) in [7, 11) is 0. The van der Waals surface area contributed by atoms with Crippen molar-refractivity contribution in [2.45, 2.75) is 39.2 Å². The Morgan fingerprint density at radius 1 is 1.41 bits per heavy atom. The van der Waals surface area contributed by atoms with Crippen LogP contribution in [0.3, 0.4) is 0 Å². The van der Waals surface area contributed by atoms with Gasteiger partial charge in [-0.05, 0) is 37.0 Å². The molecule has 3 heteroatoms. The highest BCUT2D eigenvalue weighted by molar-refractivity contribution is 6.12. The number of hydrogen-bond donors (Lipinski definition) is 1. The van der Waals surface area contributed by atoms with Gasteiger partial charge in [-0.3, -0.25) is 4.99 Å². The second kappa shape index (κ2) is 5.40. The van der Waals surface area contributed by atoms with E-state index in [0.29, 0.717) is 12.0 Å². The first-order valence-electron chi connectivity index (χ1n) is 8.33. The highest BCUT2D eigenvalue weighted by atomic mass is 15.0. The fraction of sp³-hybridized carbons (Fsp3) is 0.421. The van der Waals surface area contributed by atoms with E-state index in [1.807, 2.05) is 0 Å². The number of hydrogen-bond acceptors (Lipinski definition) is 2. The lowest BCUT2D eigenvalue weighted by Gasteiger charge is -2.24. The molecule has 0 saturated heterocycles. The monoisotopic (exact) mass is 293 g/mol. The number of aliphatic imine (C=N–C) groups is 1. The van der Waals surface area contributed by atoms with Crippen molar-refractivity contribution in [3.8, 4) is 0 Å². The molecule has 3 aliphatic rings. The highest BCUT2D eigenvalue weighted by Gasteiger charge is 2.26.